The highest BCUT2D eigenvalue weighted by Crippen LogP contribution is 2.55. The van der Waals surface area contributed by atoms with Crippen LogP contribution in [-0.2, 0) is 21.7 Å². The van der Waals surface area contributed by atoms with E-state index in [-0.39, 0.29) is 21.7 Å². The van der Waals surface area contributed by atoms with Gasteiger partial charge in [-0.15, -0.1) is 0 Å². The Morgan fingerprint density at radius 2 is 0.595 bits per heavy atom. The van der Waals surface area contributed by atoms with Gasteiger partial charge in [0.25, 0.3) is 0 Å². The van der Waals surface area contributed by atoms with E-state index in [2.05, 4.69) is 287 Å². The zero-order chi connectivity index (χ0) is 54.5. The van der Waals surface area contributed by atoms with Gasteiger partial charge in [-0.3, -0.25) is 0 Å². The van der Waals surface area contributed by atoms with Gasteiger partial charge in [0.15, 0.2) is 0 Å². The van der Waals surface area contributed by atoms with Crippen LogP contribution in [0.15, 0.2) is 212 Å². The quantitative estimate of drug-likeness (QED) is 0.129. The SMILES string of the molecule is CC(C)(C)c1cc2ccc3ccc(-c4cccc(-c5cccc(-c6ccc7c(c6)C(C)(C)c6cc(-c8ccc9c(c8)C(C)(C)c8cc(-c%10ccc%11c(c%10)C(C)(C)c%10ccccc%10-%11)ccc8-9)ccc6-7)c5)c4)c4ccc(c1)c2c34.CS. The van der Waals surface area contributed by atoms with E-state index in [1.165, 1.54) is 160 Å². The minimum Gasteiger partial charge on any atom is -0.183 e. The second-order valence-corrected chi connectivity index (χ2v) is 25.3. The molecule has 3 aliphatic rings. The number of benzene rings is 12. The molecule has 79 heavy (non-hydrogen) atoms. The molecule has 0 heterocycles. The third-order valence-corrected chi connectivity index (χ3v) is 18.8. The van der Waals surface area contributed by atoms with Gasteiger partial charge in [-0.2, -0.15) is 12.6 Å². The van der Waals surface area contributed by atoms with E-state index >= 15 is 0 Å². The largest absolute Gasteiger partial charge is 0.183 e. The minimum atomic E-state index is -0.170. The predicted molar refractivity (Wildman–Crippen MR) is 344 cm³/mol. The molecule has 0 N–H and O–H groups in total. The van der Waals surface area contributed by atoms with E-state index in [1.807, 2.05) is 0 Å². The second kappa shape index (κ2) is 17.5. The first-order chi connectivity index (χ1) is 38.0. The molecule has 0 aromatic heterocycles. The first-order valence-electron chi connectivity index (χ1n) is 28.2. The maximum atomic E-state index is 3.53. The highest BCUT2D eigenvalue weighted by atomic mass is 32.1. The number of fused-ring (bicyclic) bond motifs is 9. The molecule has 0 aliphatic heterocycles. The van der Waals surface area contributed by atoms with Crippen molar-refractivity contribution in [2.45, 2.75) is 84.0 Å². The molecule has 0 saturated carbocycles. The van der Waals surface area contributed by atoms with Gasteiger partial charge in [-0.25, -0.2) is 0 Å². The van der Waals surface area contributed by atoms with Gasteiger partial charge in [0, 0.05) is 16.2 Å². The van der Waals surface area contributed by atoms with Crippen LogP contribution < -0.4 is 0 Å². The van der Waals surface area contributed by atoms with E-state index in [9.17, 15) is 0 Å². The lowest BCUT2D eigenvalue weighted by molar-refractivity contribution is 0.591. The van der Waals surface area contributed by atoms with Crippen LogP contribution in [-0.4, -0.2) is 6.26 Å². The van der Waals surface area contributed by atoms with Crippen molar-refractivity contribution in [3.63, 3.8) is 0 Å². The van der Waals surface area contributed by atoms with Gasteiger partial charge < -0.3 is 0 Å². The molecule has 12 aromatic carbocycles. The first kappa shape index (κ1) is 49.3. The fourth-order valence-electron chi connectivity index (χ4n) is 14.3. The van der Waals surface area contributed by atoms with Crippen molar-refractivity contribution in [2.75, 3.05) is 6.26 Å². The topological polar surface area (TPSA) is 0 Å². The number of rotatable bonds is 5. The molecule has 0 nitrogen and oxygen atoms in total. The molecular weight excluding hydrogens is 969 g/mol. The molecule has 12 aromatic rings. The summed E-state index contributed by atoms with van der Waals surface area (Å²) in [6, 6.07) is 81.9. The van der Waals surface area contributed by atoms with Crippen LogP contribution in [0.5, 0.6) is 0 Å². The average Bonchev–Trinajstić information content (AvgIpc) is 4.20. The lowest BCUT2D eigenvalue weighted by atomic mass is 9.79. The van der Waals surface area contributed by atoms with Gasteiger partial charge in [0.1, 0.15) is 0 Å². The second-order valence-electron chi connectivity index (χ2n) is 25.3. The molecule has 1 heteroatoms. The highest BCUT2D eigenvalue weighted by molar-refractivity contribution is 7.79. The molecule has 0 unspecified atom stereocenters. The molecule has 15 rings (SSSR count). The third-order valence-electron chi connectivity index (χ3n) is 18.8. The van der Waals surface area contributed by atoms with Crippen molar-refractivity contribution in [1.82, 2.24) is 0 Å². The Hall–Kier alpha value is -7.97. The molecule has 3 aliphatic carbocycles. The lowest BCUT2D eigenvalue weighted by Crippen LogP contribution is -2.16. The molecule has 0 bridgehead atoms. The van der Waals surface area contributed by atoms with E-state index in [4.69, 9.17) is 0 Å². The van der Waals surface area contributed by atoms with Crippen LogP contribution in [0.25, 0.3) is 121 Å². The maximum Gasteiger partial charge on any atom is 0.0159 e. The van der Waals surface area contributed by atoms with Gasteiger partial charge in [0.05, 0.1) is 0 Å². The Bertz CT molecular complexity index is 4490. The number of thiol groups is 1. The minimum absolute atomic E-state index is 0.0288. The maximum absolute atomic E-state index is 3.53. The molecule has 0 atom stereocenters. The fourth-order valence-corrected chi connectivity index (χ4v) is 14.3. The van der Waals surface area contributed by atoms with Crippen molar-refractivity contribution in [3.8, 4) is 89.0 Å². The van der Waals surface area contributed by atoms with Gasteiger partial charge in [0.2, 0.25) is 0 Å². The summed E-state index contributed by atoms with van der Waals surface area (Å²) in [5.41, 5.74) is 30.2. The Labute approximate surface area is 472 Å². The van der Waals surface area contributed by atoms with Crippen LogP contribution in [0.3, 0.4) is 0 Å². The van der Waals surface area contributed by atoms with Crippen LogP contribution in [0.4, 0.5) is 0 Å². The van der Waals surface area contributed by atoms with Crippen molar-refractivity contribution in [2.24, 2.45) is 0 Å². The van der Waals surface area contributed by atoms with Crippen LogP contribution in [0, 0.1) is 0 Å². The van der Waals surface area contributed by atoms with Crippen molar-refractivity contribution >= 4 is 44.9 Å². The predicted octanol–water partition coefficient (Wildman–Crippen LogP) is 21.7. The van der Waals surface area contributed by atoms with Gasteiger partial charge in [-0.05, 0) is 214 Å². The Morgan fingerprint density at radius 1 is 0.266 bits per heavy atom. The summed E-state index contributed by atoms with van der Waals surface area (Å²) in [6.07, 6.45) is 1.69. The zero-order valence-electron chi connectivity index (χ0n) is 47.2. The van der Waals surface area contributed by atoms with E-state index < -0.39 is 0 Å². The summed E-state index contributed by atoms with van der Waals surface area (Å²) < 4.78 is 0. The number of hydrogen-bond donors (Lipinski definition) is 1. The average molecular weight is 1040 g/mol. The molecule has 0 radical (unpaired) electrons. The van der Waals surface area contributed by atoms with E-state index in [0.29, 0.717) is 0 Å². The molecule has 0 saturated heterocycles. The molecule has 0 fully saturated rings. The molecule has 0 amide bonds. The summed E-state index contributed by atoms with van der Waals surface area (Å²) in [5.74, 6) is 0. The summed E-state index contributed by atoms with van der Waals surface area (Å²) in [6.45, 7) is 21.3. The van der Waals surface area contributed by atoms with Crippen molar-refractivity contribution < 1.29 is 0 Å². The van der Waals surface area contributed by atoms with Crippen molar-refractivity contribution in [3.05, 3.63) is 251 Å². The van der Waals surface area contributed by atoms with Gasteiger partial charge in [-0.1, -0.05) is 232 Å². The van der Waals surface area contributed by atoms with Gasteiger partial charge >= 0.3 is 0 Å². The Kier molecular flexibility index (Phi) is 10.9. The molecular formula is C78H66S. The monoisotopic (exact) mass is 1030 g/mol. The summed E-state index contributed by atoms with van der Waals surface area (Å²) in [5, 5.41) is 7.97. The van der Waals surface area contributed by atoms with Crippen LogP contribution in [0.1, 0.15) is 101 Å². The standard InChI is InChI=1S/C77H62.CH4S/c1-74(2,3)57-38-55-21-20-45-22-29-58(65-35-28-56(39-57)72(55)73(45)65)54-17-13-16-48(37-54)46-14-12-15-47(36-46)49-23-31-61-62-33-26-52(43-69(62)76(6,7)68(61)40-49)53-27-34-64-63-32-25-51(42-70(63)77(8,9)71(64)44-53)50-24-30-60-59-18-10-11-19-66(59)75(4,5)67(60)41-50;1-2/h10-44H,1-9H3;2H,1H3. The highest BCUT2D eigenvalue weighted by Gasteiger charge is 2.39. The van der Waals surface area contributed by atoms with E-state index in [0.717, 1.165) is 0 Å². The summed E-state index contributed by atoms with van der Waals surface area (Å²) >= 11 is 3.53. The third kappa shape index (κ3) is 7.42. The smallest absolute Gasteiger partial charge is 0.0159 e. The summed E-state index contributed by atoms with van der Waals surface area (Å²) in [7, 11) is 0. The summed E-state index contributed by atoms with van der Waals surface area (Å²) in [4.78, 5) is 0. The Morgan fingerprint density at radius 3 is 1.04 bits per heavy atom. The van der Waals surface area contributed by atoms with Crippen molar-refractivity contribution in [1.29, 1.82) is 0 Å². The normalized spacial score (nSPS) is 14.8. The van der Waals surface area contributed by atoms with Crippen LogP contribution in [0.2, 0.25) is 0 Å². The zero-order valence-corrected chi connectivity index (χ0v) is 48.0. The number of hydrogen-bond acceptors (Lipinski definition) is 1. The molecule has 0 spiro atoms. The fraction of sp³-hybridized carbons (Fsp3) is 0.179. The van der Waals surface area contributed by atoms with Crippen LogP contribution >= 0.6 is 12.6 Å². The van der Waals surface area contributed by atoms with E-state index in [1.54, 1.807) is 6.26 Å². The lowest BCUT2D eigenvalue weighted by Gasteiger charge is -2.24. The molecule has 384 valence electrons. The Balaban J connectivity index is 0.00000279. The first-order valence-corrected chi connectivity index (χ1v) is 29.1.